The first-order valence-corrected chi connectivity index (χ1v) is 8.12. The minimum absolute atomic E-state index is 0.0973. The minimum Gasteiger partial charge on any atom is -0.466 e. The van der Waals surface area contributed by atoms with Gasteiger partial charge in [0.05, 0.1) is 5.56 Å². The van der Waals surface area contributed by atoms with Crippen molar-refractivity contribution in [2.24, 2.45) is 0 Å². The molecule has 3 heterocycles. The van der Waals surface area contributed by atoms with E-state index in [1.54, 1.807) is 11.3 Å². The van der Waals surface area contributed by atoms with Gasteiger partial charge in [0, 0.05) is 37.6 Å². The number of piperazine rings is 1. The van der Waals surface area contributed by atoms with E-state index in [9.17, 15) is 4.79 Å². The van der Waals surface area contributed by atoms with Crippen molar-refractivity contribution in [2.75, 3.05) is 26.2 Å². The van der Waals surface area contributed by atoms with Gasteiger partial charge in [0.15, 0.2) is 0 Å². The van der Waals surface area contributed by atoms with Gasteiger partial charge in [-0.25, -0.2) is 0 Å². The Kier molecular flexibility index (Phi) is 4.12. The number of thiophene rings is 1. The van der Waals surface area contributed by atoms with Crippen LogP contribution in [-0.4, -0.2) is 41.9 Å². The Morgan fingerprint density at radius 1 is 1.29 bits per heavy atom. The monoisotopic (exact) mass is 304 g/mol. The van der Waals surface area contributed by atoms with Crippen LogP contribution in [0, 0.1) is 13.8 Å². The molecule has 1 saturated heterocycles. The number of aryl methyl sites for hydroxylation is 2. The largest absolute Gasteiger partial charge is 0.466 e. The summed E-state index contributed by atoms with van der Waals surface area (Å²) in [5.41, 5.74) is 0.708. The van der Waals surface area contributed by atoms with E-state index < -0.39 is 0 Å². The van der Waals surface area contributed by atoms with Gasteiger partial charge in [0.1, 0.15) is 11.5 Å². The molecule has 1 aliphatic rings. The average molecular weight is 304 g/mol. The molecule has 2 aromatic heterocycles. The predicted octanol–water partition coefficient (Wildman–Crippen LogP) is 2.92. The molecule has 3 rings (SSSR count). The molecule has 0 unspecified atom stereocenters. The lowest BCUT2D eigenvalue weighted by molar-refractivity contribution is 0.0628. The highest BCUT2D eigenvalue weighted by Crippen LogP contribution is 2.18. The molecule has 0 saturated carbocycles. The summed E-state index contributed by atoms with van der Waals surface area (Å²) in [4.78, 5) is 18.2. The van der Waals surface area contributed by atoms with Crippen LogP contribution in [0.4, 0.5) is 0 Å². The summed E-state index contributed by atoms with van der Waals surface area (Å²) in [7, 11) is 0. The smallest absolute Gasteiger partial charge is 0.257 e. The van der Waals surface area contributed by atoms with Crippen LogP contribution in [0.3, 0.4) is 0 Å². The maximum Gasteiger partial charge on any atom is 0.257 e. The van der Waals surface area contributed by atoms with Crippen molar-refractivity contribution in [1.82, 2.24) is 9.80 Å². The minimum atomic E-state index is 0.0973. The molecule has 4 nitrogen and oxygen atoms in total. The van der Waals surface area contributed by atoms with Gasteiger partial charge >= 0.3 is 0 Å². The number of rotatable bonds is 3. The lowest BCUT2D eigenvalue weighted by Gasteiger charge is -2.34. The van der Waals surface area contributed by atoms with Gasteiger partial charge in [0.25, 0.3) is 5.91 Å². The van der Waals surface area contributed by atoms with Crippen molar-refractivity contribution in [1.29, 1.82) is 0 Å². The topological polar surface area (TPSA) is 36.7 Å². The van der Waals surface area contributed by atoms with Crippen LogP contribution in [0.15, 0.2) is 28.0 Å². The molecule has 0 radical (unpaired) electrons. The maximum absolute atomic E-state index is 12.5. The number of amides is 1. The Morgan fingerprint density at radius 3 is 2.62 bits per heavy atom. The standard InChI is InChI=1S/C16H20N2O2S/c1-12-10-15(13(2)20-12)16(19)18-7-5-17(6-8-18)11-14-4-3-9-21-14/h3-4,9-10H,5-8,11H2,1-2H3. The van der Waals surface area contributed by atoms with Gasteiger partial charge in [-0.2, -0.15) is 0 Å². The Labute approximate surface area is 129 Å². The highest BCUT2D eigenvalue weighted by Gasteiger charge is 2.24. The van der Waals surface area contributed by atoms with Crippen molar-refractivity contribution >= 4 is 17.2 Å². The summed E-state index contributed by atoms with van der Waals surface area (Å²) in [5, 5.41) is 2.11. The summed E-state index contributed by atoms with van der Waals surface area (Å²) in [6.45, 7) is 8.15. The van der Waals surface area contributed by atoms with Crippen molar-refractivity contribution in [3.63, 3.8) is 0 Å². The SMILES string of the molecule is Cc1cc(C(=O)N2CCN(Cc3cccs3)CC2)c(C)o1. The van der Waals surface area contributed by atoms with E-state index in [0.717, 1.165) is 44.2 Å². The lowest BCUT2D eigenvalue weighted by atomic mass is 10.2. The van der Waals surface area contributed by atoms with Crippen LogP contribution in [-0.2, 0) is 6.54 Å². The van der Waals surface area contributed by atoms with E-state index in [4.69, 9.17) is 4.42 Å². The summed E-state index contributed by atoms with van der Waals surface area (Å²) in [6.07, 6.45) is 0. The van der Waals surface area contributed by atoms with Gasteiger partial charge in [-0.05, 0) is 31.4 Å². The fraction of sp³-hybridized carbons (Fsp3) is 0.438. The molecular weight excluding hydrogens is 284 g/mol. The average Bonchev–Trinajstić information content (AvgIpc) is 3.08. The number of hydrogen-bond donors (Lipinski definition) is 0. The number of carbonyl (C=O) groups excluding carboxylic acids is 1. The number of hydrogen-bond acceptors (Lipinski definition) is 4. The van der Waals surface area contributed by atoms with E-state index in [2.05, 4.69) is 22.4 Å². The number of nitrogens with zero attached hydrogens (tertiary/aromatic N) is 2. The van der Waals surface area contributed by atoms with Crippen molar-refractivity contribution in [2.45, 2.75) is 20.4 Å². The molecule has 0 atom stereocenters. The Hall–Kier alpha value is -1.59. The molecule has 1 amide bonds. The van der Waals surface area contributed by atoms with Gasteiger partial charge < -0.3 is 9.32 Å². The highest BCUT2D eigenvalue weighted by molar-refractivity contribution is 7.09. The van der Waals surface area contributed by atoms with E-state index in [0.29, 0.717) is 5.56 Å². The first-order valence-electron chi connectivity index (χ1n) is 7.24. The van der Waals surface area contributed by atoms with Gasteiger partial charge in [-0.1, -0.05) is 6.07 Å². The third-order valence-electron chi connectivity index (χ3n) is 3.89. The van der Waals surface area contributed by atoms with Crippen LogP contribution >= 0.6 is 11.3 Å². The molecule has 5 heteroatoms. The molecule has 1 aliphatic heterocycles. The van der Waals surface area contributed by atoms with Crippen LogP contribution in [0.1, 0.15) is 26.8 Å². The van der Waals surface area contributed by atoms with Crippen LogP contribution < -0.4 is 0 Å². The van der Waals surface area contributed by atoms with Gasteiger partial charge in [0.2, 0.25) is 0 Å². The molecule has 112 valence electrons. The normalized spacial score (nSPS) is 16.4. The van der Waals surface area contributed by atoms with Crippen LogP contribution in [0.25, 0.3) is 0 Å². The van der Waals surface area contributed by atoms with E-state index in [1.165, 1.54) is 4.88 Å². The zero-order valence-electron chi connectivity index (χ0n) is 12.5. The summed E-state index contributed by atoms with van der Waals surface area (Å²) < 4.78 is 5.46. The Balaban J connectivity index is 1.58. The molecule has 0 N–H and O–H groups in total. The zero-order valence-corrected chi connectivity index (χ0v) is 13.3. The molecule has 0 spiro atoms. The van der Waals surface area contributed by atoms with Crippen molar-refractivity contribution in [3.05, 3.63) is 45.5 Å². The second-order valence-corrected chi connectivity index (χ2v) is 6.51. The first kappa shape index (κ1) is 14.4. The molecular formula is C16H20N2O2S. The van der Waals surface area contributed by atoms with Crippen molar-refractivity contribution in [3.8, 4) is 0 Å². The molecule has 0 aromatic carbocycles. The van der Waals surface area contributed by atoms with Gasteiger partial charge in [-0.15, -0.1) is 11.3 Å². The fourth-order valence-electron chi connectivity index (χ4n) is 2.75. The summed E-state index contributed by atoms with van der Waals surface area (Å²) in [5.74, 6) is 1.62. The Bertz CT molecular complexity index is 610. The first-order chi connectivity index (χ1) is 10.1. The van der Waals surface area contributed by atoms with Gasteiger partial charge in [-0.3, -0.25) is 9.69 Å². The third-order valence-corrected chi connectivity index (χ3v) is 4.75. The van der Waals surface area contributed by atoms with Crippen molar-refractivity contribution < 1.29 is 9.21 Å². The zero-order chi connectivity index (χ0) is 14.8. The highest BCUT2D eigenvalue weighted by atomic mass is 32.1. The number of carbonyl (C=O) groups is 1. The van der Waals surface area contributed by atoms with E-state index in [1.807, 2.05) is 24.8 Å². The fourth-order valence-corrected chi connectivity index (χ4v) is 3.49. The molecule has 0 aliphatic carbocycles. The lowest BCUT2D eigenvalue weighted by Crippen LogP contribution is -2.48. The number of furan rings is 1. The molecule has 21 heavy (non-hydrogen) atoms. The Morgan fingerprint density at radius 2 is 2.05 bits per heavy atom. The van der Waals surface area contributed by atoms with Crippen LogP contribution in [0.5, 0.6) is 0 Å². The molecule has 2 aromatic rings. The quantitative estimate of drug-likeness (QED) is 0.875. The summed E-state index contributed by atoms with van der Waals surface area (Å²) >= 11 is 1.79. The predicted molar refractivity (Wildman–Crippen MR) is 83.7 cm³/mol. The maximum atomic E-state index is 12.5. The van der Waals surface area contributed by atoms with E-state index in [-0.39, 0.29) is 5.91 Å². The third kappa shape index (κ3) is 3.19. The van der Waals surface area contributed by atoms with Crippen LogP contribution in [0.2, 0.25) is 0 Å². The second kappa shape index (κ2) is 6.03. The second-order valence-electron chi connectivity index (χ2n) is 5.47. The molecule has 1 fully saturated rings. The molecule has 0 bridgehead atoms. The summed E-state index contributed by atoms with van der Waals surface area (Å²) in [6, 6.07) is 6.10. The van der Waals surface area contributed by atoms with E-state index >= 15 is 0 Å².